The zero-order valence-electron chi connectivity index (χ0n) is 17.0. The normalized spacial score (nSPS) is 12.9. The molecule has 0 saturated heterocycles. The highest BCUT2D eigenvalue weighted by Gasteiger charge is 2.09. The van der Waals surface area contributed by atoms with Crippen molar-refractivity contribution in [1.29, 1.82) is 0 Å². The summed E-state index contributed by atoms with van der Waals surface area (Å²) >= 11 is 0. The van der Waals surface area contributed by atoms with Crippen LogP contribution in [0.25, 0.3) is 0 Å². The van der Waals surface area contributed by atoms with Crippen LogP contribution in [0.4, 0.5) is 11.4 Å². The van der Waals surface area contributed by atoms with Crippen LogP contribution in [0.2, 0.25) is 0 Å². The fourth-order valence-electron chi connectivity index (χ4n) is 3.75. The van der Waals surface area contributed by atoms with Crippen molar-refractivity contribution in [2.45, 2.75) is 25.7 Å². The standard InChI is InChI=1S/C28H27N.H2/c1-21(23-9-5-3-6-10-23)25-13-17-27(18-14-25)29-28-19-15-26(16-20-28)22(2)24-11-7-4-8-12-24;/h3-22,29H,1-2H3;1H. The molecule has 4 aromatic rings. The van der Waals surface area contributed by atoms with Gasteiger partial charge in [-0.25, -0.2) is 0 Å². The first-order valence-corrected chi connectivity index (χ1v) is 10.3. The Morgan fingerprint density at radius 1 is 0.448 bits per heavy atom. The van der Waals surface area contributed by atoms with Gasteiger partial charge in [-0.15, -0.1) is 0 Å². The molecular weight excluding hydrogens is 350 g/mol. The van der Waals surface area contributed by atoms with E-state index in [0.29, 0.717) is 11.8 Å². The summed E-state index contributed by atoms with van der Waals surface area (Å²) < 4.78 is 0. The number of nitrogens with one attached hydrogen (secondary N) is 1. The fraction of sp³-hybridized carbons (Fsp3) is 0.143. The van der Waals surface area contributed by atoms with E-state index in [1.807, 2.05) is 0 Å². The van der Waals surface area contributed by atoms with Crippen molar-refractivity contribution in [1.82, 2.24) is 0 Å². The Morgan fingerprint density at radius 3 is 1.10 bits per heavy atom. The van der Waals surface area contributed by atoms with Crippen LogP contribution in [-0.2, 0) is 0 Å². The maximum Gasteiger partial charge on any atom is 0.0384 e. The first-order valence-electron chi connectivity index (χ1n) is 10.3. The van der Waals surface area contributed by atoms with Crippen LogP contribution in [0.3, 0.4) is 0 Å². The third-order valence-corrected chi connectivity index (χ3v) is 5.71. The van der Waals surface area contributed by atoms with E-state index in [9.17, 15) is 0 Å². The molecule has 0 radical (unpaired) electrons. The van der Waals surface area contributed by atoms with Gasteiger partial charge in [-0.3, -0.25) is 0 Å². The van der Waals surface area contributed by atoms with E-state index in [0.717, 1.165) is 11.4 Å². The molecule has 4 rings (SSSR count). The molecule has 0 aromatic heterocycles. The van der Waals surface area contributed by atoms with Gasteiger partial charge in [-0.05, 0) is 46.5 Å². The van der Waals surface area contributed by atoms with Gasteiger partial charge in [0.1, 0.15) is 0 Å². The van der Waals surface area contributed by atoms with E-state index in [2.05, 4.69) is 128 Å². The zero-order chi connectivity index (χ0) is 20.1. The molecule has 4 aromatic carbocycles. The van der Waals surface area contributed by atoms with Crippen molar-refractivity contribution in [3.05, 3.63) is 131 Å². The number of hydrogen-bond donors (Lipinski definition) is 1. The highest BCUT2D eigenvalue weighted by atomic mass is 14.9. The van der Waals surface area contributed by atoms with Gasteiger partial charge in [0.05, 0.1) is 0 Å². The lowest BCUT2D eigenvalue weighted by Crippen LogP contribution is -1.98. The Balaban J connectivity index is 0.00000256. The molecular formula is C28H29N. The Morgan fingerprint density at radius 2 is 0.759 bits per heavy atom. The van der Waals surface area contributed by atoms with Crippen LogP contribution in [0.15, 0.2) is 109 Å². The van der Waals surface area contributed by atoms with E-state index >= 15 is 0 Å². The van der Waals surface area contributed by atoms with Gasteiger partial charge < -0.3 is 5.32 Å². The summed E-state index contributed by atoms with van der Waals surface area (Å²) in [5.41, 5.74) is 7.56. The highest BCUT2D eigenvalue weighted by molar-refractivity contribution is 5.60. The topological polar surface area (TPSA) is 12.0 Å². The molecule has 0 fully saturated rings. The predicted molar refractivity (Wildman–Crippen MR) is 126 cm³/mol. The van der Waals surface area contributed by atoms with Crippen molar-refractivity contribution < 1.29 is 1.43 Å². The Kier molecular flexibility index (Phi) is 5.76. The molecule has 0 heterocycles. The van der Waals surface area contributed by atoms with E-state index in [1.54, 1.807) is 0 Å². The average molecular weight is 380 g/mol. The minimum Gasteiger partial charge on any atom is -0.356 e. The minimum absolute atomic E-state index is 0. The van der Waals surface area contributed by atoms with Crippen LogP contribution in [0.1, 0.15) is 49.4 Å². The van der Waals surface area contributed by atoms with Gasteiger partial charge in [-0.2, -0.15) is 0 Å². The average Bonchev–Trinajstić information content (AvgIpc) is 2.80. The summed E-state index contributed by atoms with van der Waals surface area (Å²) in [6.45, 7) is 4.51. The predicted octanol–water partition coefficient (Wildman–Crippen LogP) is 7.98. The maximum absolute atomic E-state index is 3.52. The molecule has 0 saturated carbocycles. The Bertz CT molecular complexity index is 938. The van der Waals surface area contributed by atoms with Crippen LogP contribution >= 0.6 is 0 Å². The number of anilines is 2. The minimum atomic E-state index is 0. The molecule has 0 spiro atoms. The molecule has 2 unspecified atom stereocenters. The molecule has 1 N–H and O–H groups in total. The first-order chi connectivity index (χ1) is 14.2. The second-order valence-electron chi connectivity index (χ2n) is 7.63. The molecule has 1 nitrogen and oxygen atoms in total. The molecule has 2 atom stereocenters. The van der Waals surface area contributed by atoms with Gasteiger partial charge >= 0.3 is 0 Å². The second-order valence-corrected chi connectivity index (χ2v) is 7.63. The molecule has 29 heavy (non-hydrogen) atoms. The van der Waals surface area contributed by atoms with Crippen LogP contribution < -0.4 is 5.32 Å². The number of hydrogen-bond acceptors (Lipinski definition) is 1. The largest absolute Gasteiger partial charge is 0.356 e. The maximum atomic E-state index is 3.52. The summed E-state index contributed by atoms with van der Waals surface area (Å²) in [7, 11) is 0. The van der Waals surface area contributed by atoms with Crippen LogP contribution in [-0.4, -0.2) is 0 Å². The quantitative estimate of drug-likeness (QED) is 0.358. The zero-order valence-corrected chi connectivity index (χ0v) is 17.0. The summed E-state index contributed by atoms with van der Waals surface area (Å²) in [5.74, 6) is 0.785. The monoisotopic (exact) mass is 379 g/mol. The van der Waals surface area contributed by atoms with Crippen LogP contribution in [0.5, 0.6) is 0 Å². The molecule has 146 valence electrons. The third kappa shape index (κ3) is 4.57. The third-order valence-electron chi connectivity index (χ3n) is 5.71. The van der Waals surface area contributed by atoms with Crippen molar-refractivity contribution >= 4 is 11.4 Å². The van der Waals surface area contributed by atoms with Crippen LogP contribution in [0, 0.1) is 0 Å². The summed E-state index contributed by atoms with van der Waals surface area (Å²) in [6, 6.07) is 38.8. The van der Waals surface area contributed by atoms with Crippen molar-refractivity contribution in [2.75, 3.05) is 5.32 Å². The summed E-state index contributed by atoms with van der Waals surface area (Å²) in [4.78, 5) is 0. The summed E-state index contributed by atoms with van der Waals surface area (Å²) in [6.07, 6.45) is 0. The number of rotatable bonds is 6. The lowest BCUT2D eigenvalue weighted by Gasteiger charge is -2.15. The van der Waals surface area contributed by atoms with Gasteiger partial charge in [0.15, 0.2) is 0 Å². The SMILES string of the molecule is CC(c1ccccc1)c1ccc(Nc2ccc(C(C)c3ccccc3)cc2)cc1.[HH]. The van der Waals surface area contributed by atoms with E-state index < -0.39 is 0 Å². The van der Waals surface area contributed by atoms with Gasteiger partial charge in [0, 0.05) is 24.6 Å². The van der Waals surface area contributed by atoms with Gasteiger partial charge in [-0.1, -0.05) is 98.8 Å². The molecule has 1 heteroatoms. The lowest BCUT2D eigenvalue weighted by atomic mass is 9.93. The first kappa shape index (κ1) is 19.0. The molecule has 0 bridgehead atoms. The molecule has 0 aliphatic carbocycles. The molecule has 0 aliphatic heterocycles. The Hall–Kier alpha value is -3.32. The smallest absolute Gasteiger partial charge is 0.0384 e. The molecule has 0 aliphatic rings. The number of benzene rings is 4. The summed E-state index contributed by atoms with van der Waals surface area (Å²) in [5, 5.41) is 3.52. The second kappa shape index (κ2) is 8.79. The fourth-order valence-corrected chi connectivity index (χ4v) is 3.75. The Labute approximate surface area is 175 Å². The highest BCUT2D eigenvalue weighted by Crippen LogP contribution is 2.28. The van der Waals surface area contributed by atoms with E-state index in [1.165, 1.54) is 22.3 Å². The lowest BCUT2D eigenvalue weighted by molar-refractivity contribution is 0.922. The van der Waals surface area contributed by atoms with Crippen molar-refractivity contribution in [2.24, 2.45) is 0 Å². The van der Waals surface area contributed by atoms with E-state index in [-0.39, 0.29) is 1.43 Å². The van der Waals surface area contributed by atoms with Gasteiger partial charge in [0.25, 0.3) is 0 Å². The van der Waals surface area contributed by atoms with Crippen molar-refractivity contribution in [3.63, 3.8) is 0 Å². The molecule has 0 amide bonds. The van der Waals surface area contributed by atoms with Crippen molar-refractivity contribution in [3.8, 4) is 0 Å². The van der Waals surface area contributed by atoms with Gasteiger partial charge in [0.2, 0.25) is 0 Å². The van der Waals surface area contributed by atoms with E-state index in [4.69, 9.17) is 0 Å².